The van der Waals surface area contributed by atoms with Gasteiger partial charge in [-0.15, -0.1) is 11.3 Å². The third-order valence-electron chi connectivity index (χ3n) is 6.71. The highest BCUT2D eigenvalue weighted by molar-refractivity contribution is 7.91. The number of thiophene rings is 1. The van der Waals surface area contributed by atoms with Crippen molar-refractivity contribution in [3.05, 3.63) is 29.3 Å². The predicted molar refractivity (Wildman–Crippen MR) is 123 cm³/mol. The molecule has 1 aromatic carbocycles. The lowest BCUT2D eigenvalue weighted by atomic mass is 10.1. The number of likely N-dealkylation sites (N-methyl/N-ethyl adjacent to an activating group) is 1. The Kier molecular flexibility index (Phi) is 5.69. The molecule has 0 saturated carbocycles. The molecule has 3 aliphatic heterocycles. The van der Waals surface area contributed by atoms with Gasteiger partial charge in [-0.1, -0.05) is 11.6 Å². The predicted octanol–water partition coefficient (Wildman–Crippen LogP) is 1.74. The number of rotatable bonds is 5. The van der Waals surface area contributed by atoms with E-state index in [1.165, 1.54) is 4.90 Å². The summed E-state index contributed by atoms with van der Waals surface area (Å²) in [5.41, 5.74) is 0. The molecule has 0 spiro atoms. The third-order valence-corrected chi connectivity index (χ3v) is 10.0. The van der Waals surface area contributed by atoms with Crippen molar-refractivity contribution in [3.8, 4) is 0 Å². The Morgan fingerprint density at radius 3 is 2.78 bits per heavy atom. The van der Waals surface area contributed by atoms with E-state index >= 15 is 0 Å². The highest BCUT2D eigenvalue weighted by atomic mass is 35.5. The summed E-state index contributed by atoms with van der Waals surface area (Å²) in [7, 11) is -1.80. The molecule has 2 amide bonds. The van der Waals surface area contributed by atoms with Crippen LogP contribution in [-0.4, -0.2) is 86.3 Å². The summed E-state index contributed by atoms with van der Waals surface area (Å²) >= 11 is 7.14. The Bertz CT molecular complexity index is 1180. The van der Waals surface area contributed by atoms with Gasteiger partial charge in [-0.25, -0.2) is 8.42 Å². The number of amides is 2. The van der Waals surface area contributed by atoms with Crippen LogP contribution < -0.4 is 4.72 Å². The van der Waals surface area contributed by atoms with Gasteiger partial charge in [-0.3, -0.25) is 14.5 Å². The van der Waals surface area contributed by atoms with Gasteiger partial charge < -0.3 is 9.80 Å². The fraction of sp³-hybridized carbons (Fsp3) is 0.524. The average molecular weight is 497 g/mol. The van der Waals surface area contributed by atoms with Crippen molar-refractivity contribution >= 4 is 54.9 Å². The van der Waals surface area contributed by atoms with Gasteiger partial charge in [0, 0.05) is 41.4 Å². The van der Waals surface area contributed by atoms with E-state index in [4.69, 9.17) is 11.6 Å². The molecule has 2 aromatic rings. The van der Waals surface area contributed by atoms with E-state index in [1.807, 2.05) is 4.90 Å². The Hall–Kier alpha value is -1.72. The van der Waals surface area contributed by atoms with Crippen LogP contribution >= 0.6 is 22.9 Å². The first-order valence-corrected chi connectivity index (χ1v) is 13.4. The van der Waals surface area contributed by atoms with Gasteiger partial charge >= 0.3 is 0 Å². The zero-order valence-electron chi connectivity index (χ0n) is 17.7. The van der Waals surface area contributed by atoms with Crippen LogP contribution in [0.25, 0.3) is 10.1 Å². The lowest BCUT2D eigenvalue weighted by Gasteiger charge is -2.36. The molecule has 11 heteroatoms. The number of benzene rings is 1. The molecule has 3 fully saturated rings. The van der Waals surface area contributed by atoms with Crippen molar-refractivity contribution in [2.24, 2.45) is 0 Å². The fourth-order valence-corrected chi connectivity index (χ4v) is 7.80. The SMILES string of the molecule is CN1CC2CC1CN2C(=O)CN1CCC[C@H](NS(=O)(=O)c2cc3cc(Cl)ccc3s2)C1=O. The molecule has 1 aromatic heterocycles. The van der Waals surface area contributed by atoms with Crippen LogP contribution in [0, 0.1) is 0 Å². The van der Waals surface area contributed by atoms with Crippen LogP contribution in [-0.2, 0) is 19.6 Å². The second-order valence-corrected chi connectivity index (χ2v) is 12.3. The molecule has 2 unspecified atom stereocenters. The normalized spacial score (nSPS) is 26.4. The minimum Gasteiger partial charge on any atom is -0.335 e. The highest BCUT2D eigenvalue weighted by Crippen LogP contribution is 2.32. The van der Waals surface area contributed by atoms with Crippen LogP contribution in [0.2, 0.25) is 5.02 Å². The molecule has 0 radical (unpaired) electrons. The first kappa shape index (κ1) is 22.1. The lowest BCUT2D eigenvalue weighted by Crippen LogP contribution is -2.56. The number of halogens is 1. The molecular weight excluding hydrogens is 472 g/mol. The Morgan fingerprint density at radius 1 is 1.25 bits per heavy atom. The number of carbonyl (C=O) groups excluding carboxylic acids is 2. The molecule has 8 nitrogen and oxygen atoms in total. The summed E-state index contributed by atoms with van der Waals surface area (Å²) in [6, 6.07) is 6.54. The monoisotopic (exact) mass is 496 g/mol. The van der Waals surface area contributed by atoms with Crippen molar-refractivity contribution in [2.75, 3.05) is 33.2 Å². The maximum absolute atomic E-state index is 13.0. The molecule has 5 rings (SSSR count). The second kappa shape index (κ2) is 8.25. The van der Waals surface area contributed by atoms with Crippen molar-refractivity contribution in [1.82, 2.24) is 19.4 Å². The number of hydrogen-bond donors (Lipinski definition) is 1. The zero-order chi connectivity index (χ0) is 22.6. The standard InChI is InChI=1S/C21H25ClN4O4S2/c1-24-10-16-9-15(24)11-26(16)19(27)12-25-6-2-3-17(21(25)28)23-32(29,30)20-8-13-7-14(22)4-5-18(13)31-20/h4-5,7-8,15-17,23H,2-3,6,9-12H2,1H3/t15?,16?,17-/m0/s1. The minimum absolute atomic E-state index is 0.00534. The van der Waals surface area contributed by atoms with E-state index in [9.17, 15) is 18.0 Å². The van der Waals surface area contributed by atoms with E-state index in [0.717, 1.165) is 34.4 Å². The Morgan fingerprint density at radius 2 is 2.06 bits per heavy atom. The van der Waals surface area contributed by atoms with E-state index in [1.54, 1.807) is 24.3 Å². The molecule has 3 aliphatic rings. The van der Waals surface area contributed by atoms with Gasteiger partial charge in [0.2, 0.25) is 11.8 Å². The number of piperazine rings is 1. The Balaban J connectivity index is 1.26. The first-order chi connectivity index (χ1) is 15.2. The molecule has 172 valence electrons. The summed E-state index contributed by atoms with van der Waals surface area (Å²) in [5.74, 6) is -0.386. The van der Waals surface area contributed by atoms with E-state index in [0.29, 0.717) is 37.0 Å². The number of nitrogens with zero attached hydrogens (tertiary/aromatic N) is 3. The number of carbonyl (C=O) groups is 2. The smallest absolute Gasteiger partial charge is 0.250 e. The van der Waals surface area contributed by atoms with Gasteiger partial charge in [-0.05, 0) is 56.0 Å². The fourth-order valence-electron chi connectivity index (χ4n) is 5.00. The van der Waals surface area contributed by atoms with Gasteiger partial charge in [0.1, 0.15) is 10.3 Å². The maximum atomic E-state index is 13.0. The van der Waals surface area contributed by atoms with Crippen LogP contribution in [0.1, 0.15) is 19.3 Å². The van der Waals surface area contributed by atoms with Gasteiger partial charge in [-0.2, -0.15) is 4.72 Å². The van der Waals surface area contributed by atoms with Gasteiger partial charge in [0.05, 0.1) is 6.54 Å². The first-order valence-electron chi connectivity index (χ1n) is 10.7. The number of fused-ring (bicyclic) bond motifs is 3. The summed E-state index contributed by atoms with van der Waals surface area (Å²) < 4.78 is 29.5. The van der Waals surface area contributed by atoms with Crippen LogP contribution in [0.3, 0.4) is 0 Å². The average Bonchev–Trinajstić information content (AvgIpc) is 3.44. The topological polar surface area (TPSA) is 90.0 Å². The third kappa shape index (κ3) is 4.03. The molecule has 4 heterocycles. The largest absolute Gasteiger partial charge is 0.335 e. The van der Waals surface area contributed by atoms with E-state index < -0.39 is 16.1 Å². The molecule has 0 aliphatic carbocycles. The van der Waals surface area contributed by atoms with E-state index in [-0.39, 0.29) is 28.6 Å². The molecule has 32 heavy (non-hydrogen) atoms. The molecular formula is C21H25ClN4O4S2. The summed E-state index contributed by atoms with van der Waals surface area (Å²) in [6.45, 7) is 2.04. The molecule has 2 bridgehead atoms. The number of sulfonamides is 1. The maximum Gasteiger partial charge on any atom is 0.250 e. The van der Waals surface area contributed by atoms with Crippen LogP contribution in [0.4, 0.5) is 0 Å². The highest BCUT2D eigenvalue weighted by Gasteiger charge is 2.44. The van der Waals surface area contributed by atoms with Gasteiger partial charge in [0.25, 0.3) is 10.0 Å². The Labute approximate surface area is 196 Å². The van der Waals surface area contributed by atoms with Crippen molar-refractivity contribution in [1.29, 1.82) is 0 Å². The quantitative estimate of drug-likeness (QED) is 0.681. The number of hydrogen-bond acceptors (Lipinski definition) is 6. The molecule has 3 saturated heterocycles. The zero-order valence-corrected chi connectivity index (χ0v) is 20.0. The van der Waals surface area contributed by atoms with Crippen molar-refractivity contribution < 1.29 is 18.0 Å². The summed E-state index contributed by atoms with van der Waals surface area (Å²) in [5, 5.41) is 1.28. The van der Waals surface area contributed by atoms with Crippen molar-refractivity contribution in [2.45, 2.75) is 41.6 Å². The number of nitrogens with one attached hydrogen (secondary N) is 1. The lowest BCUT2D eigenvalue weighted by molar-refractivity contribution is -0.144. The van der Waals surface area contributed by atoms with Gasteiger partial charge in [0.15, 0.2) is 0 Å². The van der Waals surface area contributed by atoms with Crippen molar-refractivity contribution in [3.63, 3.8) is 0 Å². The molecule has 3 atom stereocenters. The summed E-state index contributed by atoms with van der Waals surface area (Å²) in [6.07, 6.45) is 2.04. The molecule has 1 N–H and O–H groups in total. The van der Waals surface area contributed by atoms with Crippen LogP contribution in [0.15, 0.2) is 28.5 Å². The number of piperidine rings is 1. The summed E-state index contributed by atoms with van der Waals surface area (Å²) in [4.78, 5) is 31.5. The van der Waals surface area contributed by atoms with E-state index in [2.05, 4.69) is 16.7 Å². The second-order valence-electron chi connectivity index (χ2n) is 8.85. The minimum atomic E-state index is -3.87. The number of likely N-dealkylation sites (tertiary alicyclic amines) is 3. The van der Waals surface area contributed by atoms with Crippen LogP contribution in [0.5, 0.6) is 0 Å².